The highest BCUT2D eigenvalue weighted by atomic mass is 14.8. The van der Waals surface area contributed by atoms with E-state index in [-0.39, 0.29) is 0 Å². The second kappa shape index (κ2) is 3.28. The van der Waals surface area contributed by atoms with Gasteiger partial charge in [-0.05, 0) is 6.07 Å². The molecule has 4 nitrogen and oxygen atoms in total. The molecule has 52 valence electrons. The Morgan fingerprint density at radius 1 is 1.36 bits per heavy atom. The molecule has 0 radical (unpaired) electrons. The van der Waals surface area contributed by atoms with Gasteiger partial charge < -0.3 is 0 Å². The van der Waals surface area contributed by atoms with Crippen LogP contribution in [0, 0.1) is 22.7 Å². The van der Waals surface area contributed by atoms with E-state index in [1.165, 1.54) is 12.5 Å². The van der Waals surface area contributed by atoms with Crippen LogP contribution in [0.1, 0.15) is 11.6 Å². The van der Waals surface area contributed by atoms with Crippen LogP contribution in [0.25, 0.3) is 0 Å². The average Bonchev–Trinajstić information content (AvgIpc) is 2.09. The Labute approximate surface area is 63.8 Å². The molecule has 0 unspecified atom stereocenters. The van der Waals surface area contributed by atoms with Crippen LogP contribution in [-0.4, -0.2) is 9.97 Å². The summed E-state index contributed by atoms with van der Waals surface area (Å²) >= 11 is 0. The monoisotopic (exact) mass is 144 g/mol. The molecule has 0 saturated carbocycles. The fourth-order valence-electron chi connectivity index (χ4n) is 0.633. The van der Waals surface area contributed by atoms with Gasteiger partial charge in [0, 0.05) is 6.20 Å². The van der Waals surface area contributed by atoms with Crippen LogP contribution in [0.15, 0.2) is 18.6 Å². The molecule has 0 N–H and O–H groups in total. The number of hydrogen-bond acceptors (Lipinski definition) is 4. The van der Waals surface area contributed by atoms with E-state index in [4.69, 9.17) is 10.5 Å². The molecule has 0 aliphatic rings. The molecule has 0 bridgehead atoms. The Kier molecular flexibility index (Phi) is 2.14. The predicted octanol–water partition coefficient (Wildman–Crippen LogP) is 0.607. The van der Waals surface area contributed by atoms with Gasteiger partial charge in [-0.3, -0.25) is 0 Å². The summed E-state index contributed by atoms with van der Waals surface area (Å²) in [5.74, 6) is -0.780. The summed E-state index contributed by atoms with van der Waals surface area (Å²) in [6.45, 7) is 0. The molecule has 1 rings (SSSR count). The molecule has 11 heavy (non-hydrogen) atoms. The van der Waals surface area contributed by atoms with Crippen molar-refractivity contribution >= 4 is 0 Å². The van der Waals surface area contributed by atoms with Crippen LogP contribution in [0.3, 0.4) is 0 Å². The van der Waals surface area contributed by atoms with Crippen molar-refractivity contribution in [1.29, 1.82) is 10.5 Å². The molecule has 1 aromatic heterocycles. The van der Waals surface area contributed by atoms with Crippen molar-refractivity contribution in [2.45, 2.75) is 5.92 Å². The van der Waals surface area contributed by atoms with Crippen LogP contribution < -0.4 is 0 Å². The van der Waals surface area contributed by atoms with Gasteiger partial charge in [-0.15, -0.1) is 0 Å². The van der Waals surface area contributed by atoms with Crippen LogP contribution in [-0.2, 0) is 0 Å². The number of hydrogen-bond donors (Lipinski definition) is 0. The summed E-state index contributed by atoms with van der Waals surface area (Å²) in [6, 6.07) is 5.19. The van der Waals surface area contributed by atoms with Gasteiger partial charge in [-0.2, -0.15) is 10.5 Å². The smallest absolute Gasteiger partial charge is 0.175 e. The third-order valence-corrected chi connectivity index (χ3v) is 1.16. The summed E-state index contributed by atoms with van der Waals surface area (Å²) in [6.07, 6.45) is 2.82. The lowest BCUT2D eigenvalue weighted by atomic mass is 10.1. The first-order valence-electron chi connectivity index (χ1n) is 2.93. The van der Waals surface area contributed by atoms with E-state index in [2.05, 4.69) is 9.97 Å². The number of rotatable bonds is 1. The topological polar surface area (TPSA) is 73.4 Å². The highest BCUT2D eigenvalue weighted by molar-refractivity contribution is 5.22. The van der Waals surface area contributed by atoms with Gasteiger partial charge >= 0.3 is 0 Å². The minimum atomic E-state index is -0.780. The van der Waals surface area contributed by atoms with Crippen LogP contribution in [0.2, 0.25) is 0 Å². The van der Waals surface area contributed by atoms with Gasteiger partial charge in [0.25, 0.3) is 0 Å². The first kappa shape index (κ1) is 7.17. The lowest BCUT2D eigenvalue weighted by Gasteiger charge is -1.94. The molecule has 0 atom stereocenters. The van der Waals surface area contributed by atoms with Gasteiger partial charge in [0.1, 0.15) is 6.33 Å². The maximum Gasteiger partial charge on any atom is 0.175 e. The van der Waals surface area contributed by atoms with Gasteiger partial charge in [0.05, 0.1) is 17.8 Å². The molecule has 0 saturated heterocycles. The zero-order chi connectivity index (χ0) is 8.10. The van der Waals surface area contributed by atoms with E-state index in [9.17, 15) is 0 Å². The Bertz CT molecular complexity index is 291. The summed E-state index contributed by atoms with van der Waals surface area (Å²) in [5, 5.41) is 16.9. The highest BCUT2D eigenvalue weighted by Crippen LogP contribution is 2.07. The van der Waals surface area contributed by atoms with Gasteiger partial charge in [-0.1, -0.05) is 0 Å². The SMILES string of the molecule is N#CC(C#N)c1ccncn1. The Morgan fingerprint density at radius 3 is 2.55 bits per heavy atom. The first-order chi connectivity index (χ1) is 5.38. The molecule has 1 heterocycles. The van der Waals surface area contributed by atoms with Crippen LogP contribution in [0.4, 0.5) is 0 Å². The molecule has 1 aromatic rings. The number of nitrogens with zero attached hydrogens (tertiary/aromatic N) is 4. The van der Waals surface area contributed by atoms with Crippen molar-refractivity contribution < 1.29 is 0 Å². The summed E-state index contributed by atoms with van der Waals surface area (Å²) in [7, 11) is 0. The highest BCUT2D eigenvalue weighted by Gasteiger charge is 2.08. The number of aromatic nitrogens is 2. The van der Waals surface area contributed by atoms with Crippen LogP contribution >= 0.6 is 0 Å². The Balaban J connectivity index is 2.96. The predicted molar refractivity (Wildman–Crippen MR) is 36.0 cm³/mol. The van der Waals surface area contributed by atoms with Crippen molar-refractivity contribution in [2.75, 3.05) is 0 Å². The lowest BCUT2D eigenvalue weighted by Crippen LogP contribution is -1.95. The van der Waals surface area contributed by atoms with E-state index in [0.29, 0.717) is 5.69 Å². The molecular weight excluding hydrogens is 140 g/mol. The summed E-state index contributed by atoms with van der Waals surface area (Å²) < 4.78 is 0. The van der Waals surface area contributed by atoms with Crippen molar-refractivity contribution in [2.24, 2.45) is 0 Å². The van der Waals surface area contributed by atoms with Gasteiger partial charge in [0.2, 0.25) is 0 Å². The third kappa shape index (κ3) is 1.50. The Morgan fingerprint density at radius 2 is 2.09 bits per heavy atom. The Hall–Kier alpha value is -1.94. The zero-order valence-electron chi connectivity index (χ0n) is 5.60. The molecule has 0 spiro atoms. The largest absolute Gasteiger partial charge is 0.245 e. The molecular formula is C7H4N4. The molecule has 0 aliphatic carbocycles. The maximum atomic E-state index is 8.45. The fourth-order valence-corrected chi connectivity index (χ4v) is 0.633. The maximum absolute atomic E-state index is 8.45. The fraction of sp³-hybridized carbons (Fsp3) is 0.143. The molecule has 0 aliphatic heterocycles. The summed E-state index contributed by atoms with van der Waals surface area (Å²) in [4.78, 5) is 7.43. The zero-order valence-corrected chi connectivity index (χ0v) is 5.60. The molecule has 0 aromatic carbocycles. The van der Waals surface area contributed by atoms with Gasteiger partial charge in [0.15, 0.2) is 5.92 Å². The summed E-state index contributed by atoms with van der Waals surface area (Å²) in [5.41, 5.74) is 0.449. The second-order valence-corrected chi connectivity index (χ2v) is 1.83. The minimum Gasteiger partial charge on any atom is -0.245 e. The van der Waals surface area contributed by atoms with Crippen molar-refractivity contribution in [3.8, 4) is 12.1 Å². The standard InChI is InChI=1S/C7H4N4/c8-3-6(4-9)7-1-2-10-5-11-7/h1-2,5-6H. The third-order valence-electron chi connectivity index (χ3n) is 1.16. The average molecular weight is 144 g/mol. The van der Waals surface area contributed by atoms with E-state index < -0.39 is 5.92 Å². The molecule has 0 amide bonds. The van der Waals surface area contributed by atoms with E-state index in [0.717, 1.165) is 0 Å². The molecule has 4 heteroatoms. The first-order valence-corrected chi connectivity index (χ1v) is 2.93. The normalized spacial score (nSPS) is 8.64. The number of nitriles is 2. The van der Waals surface area contributed by atoms with Crippen molar-refractivity contribution in [3.05, 3.63) is 24.3 Å². The van der Waals surface area contributed by atoms with E-state index >= 15 is 0 Å². The van der Waals surface area contributed by atoms with Crippen molar-refractivity contribution in [1.82, 2.24) is 9.97 Å². The van der Waals surface area contributed by atoms with Gasteiger partial charge in [-0.25, -0.2) is 9.97 Å². The second-order valence-electron chi connectivity index (χ2n) is 1.83. The molecule has 0 fully saturated rings. The van der Waals surface area contributed by atoms with E-state index in [1.807, 2.05) is 12.1 Å². The quantitative estimate of drug-likeness (QED) is 0.578. The van der Waals surface area contributed by atoms with E-state index in [1.54, 1.807) is 6.07 Å². The minimum absolute atomic E-state index is 0.449. The van der Waals surface area contributed by atoms with Crippen LogP contribution in [0.5, 0.6) is 0 Å². The lowest BCUT2D eigenvalue weighted by molar-refractivity contribution is 0.981. The van der Waals surface area contributed by atoms with Crippen molar-refractivity contribution in [3.63, 3.8) is 0 Å².